The molecule has 11 heteroatoms. The van der Waals surface area contributed by atoms with Crippen LogP contribution in [0.15, 0.2) is 4.99 Å². The molecule has 2 rings (SSSR count). The normalized spacial score (nSPS) is 20.5. The van der Waals surface area contributed by atoms with Crippen LogP contribution in [0.3, 0.4) is 0 Å². The zero-order valence-corrected chi connectivity index (χ0v) is 18.0. The van der Waals surface area contributed by atoms with Crippen LogP contribution in [0, 0.1) is 11.8 Å². The minimum absolute atomic E-state index is 0. The molecule has 0 aromatic rings. The van der Waals surface area contributed by atoms with Crippen LogP contribution in [0.25, 0.3) is 0 Å². The molecule has 6 nitrogen and oxygen atoms in total. The summed E-state index contributed by atoms with van der Waals surface area (Å²) >= 11 is 0. The lowest BCUT2D eigenvalue weighted by Crippen LogP contribution is -2.47. The van der Waals surface area contributed by atoms with Crippen molar-refractivity contribution >= 4 is 40.0 Å². The van der Waals surface area contributed by atoms with Crippen LogP contribution in [0.1, 0.15) is 38.5 Å². The molecule has 0 aromatic heterocycles. The van der Waals surface area contributed by atoms with E-state index in [0.29, 0.717) is 29.7 Å². The molecule has 0 aromatic carbocycles. The summed E-state index contributed by atoms with van der Waals surface area (Å²) in [5.74, 6) is 1.71. The highest BCUT2D eigenvalue weighted by atomic mass is 127. The maximum Gasteiger partial charge on any atom is 0.511 e. The van der Waals surface area contributed by atoms with Gasteiger partial charge in [-0.25, -0.2) is 8.42 Å². The van der Waals surface area contributed by atoms with Crippen molar-refractivity contribution < 1.29 is 21.6 Å². The Balaban J connectivity index is 0.00000338. The molecule has 1 saturated heterocycles. The summed E-state index contributed by atoms with van der Waals surface area (Å²) < 4.78 is 60.9. The zero-order chi connectivity index (χ0) is 18.5. The molecule has 0 unspecified atom stereocenters. The van der Waals surface area contributed by atoms with Gasteiger partial charge < -0.3 is 10.6 Å². The topological polar surface area (TPSA) is 73.8 Å². The molecule has 2 fully saturated rings. The van der Waals surface area contributed by atoms with Gasteiger partial charge in [0, 0.05) is 33.2 Å². The summed E-state index contributed by atoms with van der Waals surface area (Å²) in [7, 11) is -3.52. The third kappa shape index (κ3) is 7.02. The third-order valence-corrected chi connectivity index (χ3v) is 6.40. The molecule has 0 radical (unpaired) electrons. The van der Waals surface area contributed by atoms with E-state index in [4.69, 9.17) is 0 Å². The zero-order valence-electron chi connectivity index (χ0n) is 14.9. The van der Waals surface area contributed by atoms with E-state index in [1.807, 2.05) is 0 Å². The van der Waals surface area contributed by atoms with Crippen molar-refractivity contribution in [3.63, 3.8) is 0 Å². The van der Waals surface area contributed by atoms with Gasteiger partial charge in [0.15, 0.2) is 5.96 Å². The van der Waals surface area contributed by atoms with E-state index in [2.05, 4.69) is 15.6 Å². The van der Waals surface area contributed by atoms with Crippen LogP contribution in [-0.4, -0.2) is 57.4 Å². The van der Waals surface area contributed by atoms with Crippen molar-refractivity contribution in [2.45, 2.75) is 44.0 Å². The van der Waals surface area contributed by atoms with Crippen molar-refractivity contribution in [3.8, 4) is 0 Å². The van der Waals surface area contributed by atoms with E-state index in [9.17, 15) is 21.6 Å². The molecule has 1 saturated carbocycles. The quantitative estimate of drug-likeness (QED) is 0.238. The summed E-state index contributed by atoms with van der Waals surface area (Å²) in [4.78, 5) is 4.13. The second kappa shape index (κ2) is 10.3. The van der Waals surface area contributed by atoms with E-state index < -0.39 is 15.5 Å². The first-order valence-electron chi connectivity index (χ1n) is 8.75. The number of hydrogen-bond acceptors (Lipinski definition) is 3. The summed E-state index contributed by atoms with van der Waals surface area (Å²) in [5, 5.41) is 6.40. The van der Waals surface area contributed by atoms with Gasteiger partial charge in [-0.15, -0.1) is 24.0 Å². The Kier molecular flexibility index (Phi) is 9.40. The van der Waals surface area contributed by atoms with E-state index in [0.717, 1.165) is 18.9 Å². The predicted molar refractivity (Wildman–Crippen MR) is 106 cm³/mol. The average molecular weight is 512 g/mol. The second-order valence-corrected chi connectivity index (χ2v) is 8.69. The monoisotopic (exact) mass is 512 g/mol. The van der Waals surface area contributed by atoms with Gasteiger partial charge in [-0.2, -0.15) is 17.5 Å². The molecule has 0 spiro atoms. The average Bonchev–Trinajstić information content (AvgIpc) is 3.38. The molecule has 1 heterocycles. The van der Waals surface area contributed by atoms with Crippen LogP contribution in [-0.2, 0) is 10.0 Å². The number of nitrogens with zero attached hydrogens (tertiary/aromatic N) is 2. The summed E-state index contributed by atoms with van der Waals surface area (Å²) in [6.45, 7) is 1.23. The van der Waals surface area contributed by atoms with Crippen molar-refractivity contribution in [1.82, 2.24) is 14.9 Å². The molecule has 1 aliphatic heterocycles. The van der Waals surface area contributed by atoms with Crippen molar-refractivity contribution in [1.29, 1.82) is 0 Å². The van der Waals surface area contributed by atoms with Crippen LogP contribution in [0.2, 0.25) is 0 Å². The summed E-state index contributed by atoms with van der Waals surface area (Å²) in [5.41, 5.74) is -5.22. The lowest BCUT2D eigenvalue weighted by Gasteiger charge is -2.31. The number of guanidine groups is 1. The molecule has 154 valence electrons. The molecule has 2 N–H and O–H groups in total. The first-order chi connectivity index (χ1) is 11.7. The molecule has 0 bridgehead atoms. The van der Waals surface area contributed by atoms with Crippen LogP contribution in [0.5, 0.6) is 0 Å². The smallest absolute Gasteiger partial charge is 0.356 e. The minimum Gasteiger partial charge on any atom is -0.356 e. The van der Waals surface area contributed by atoms with Crippen molar-refractivity contribution in [3.05, 3.63) is 0 Å². The van der Waals surface area contributed by atoms with Crippen LogP contribution < -0.4 is 10.6 Å². The Morgan fingerprint density at radius 2 is 1.73 bits per heavy atom. The van der Waals surface area contributed by atoms with E-state index in [1.54, 1.807) is 7.05 Å². The van der Waals surface area contributed by atoms with Crippen LogP contribution in [0.4, 0.5) is 13.2 Å². The number of halogens is 4. The number of piperidine rings is 1. The van der Waals surface area contributed by atoms with Gasteiger partial charge in [0.05, 0.1) is 0 Å². The highest BCUT2D eigenvalue weighted by molar-refractivity contribution is 14.0. The first kappa shape index (κ1) is 23.7. The number of sulfonamides is 1. The Morgan fingerprint density at radius 1 is 1.12 bits per heavy atom. The minimum atomic E-state index is -5.22. The van der Waals surface area contributed by atoms with Gasteiger partial charge in [0.25, 0.3) is 0 Å². The fourth-order valence-corrected chi connectivity index (χ4v) is 3.95. The standard InChI is InChI=1S/C15H27F3N4O2S.HI/c1-19-14(20-8-2-3-12-4-5-12)21-11-13-6-9-22(10-7-13)25(23,24)15(16,17)18;/h12-13H,2-11H2,1H3,(H2,19,20,21);1H. The first-order valence-corrected chi connectivity index (χ1v) is 10.2. The number of nitrogens with one attached hydrogen (secondary N) is 2. The highest BCUT2D eigenvalue weighted by Gasteiger charge is 2.50. The molecule has 26 heavy (non-hydrogen) atoms. The highest BCUT2D eigenvalue weighted by Crippen LogP contribution is 2.33. The Morgan fingerprint density at radius 3 is 2.23 bits per heavy atom. The summed E-state index contributed by atoms with van der Waals surface area (Å²) in [6.07, 6.45) is 5.82. The fraction of sp³-hybridized carbons (Fsp3) is 0.933. The van der Waals surface area contributed by atoms with Gasteiger partial charge in [-0.05, 0) is 37.5 Å². The molecule has 2 aliphatic rings. The maximum absolute atomic E-state index is 12.6. The molecular formula is C15H28F3IN4O2S. The Bertz CT molecular complexity index is 560. The SMILES string of the molecule is CN=C(NCCCC1CC1)NCC1CCN(S(=O)(=O)C(F)(F)F)CC1.I. The number of alkyl halides is 3. The van der Waals surface area contributed by atoms with Gasteiger partial charge in [-0.3, -0.25) is 4.99 Å². The maximum atomic E-state index is 12.6. The number of aliphatic imine (C=N–C) groups is 1. The molecule has 0 atom stereocenters. The summed E-state index contributed by atoms with van der Waals surface area (Å²) in [6, 6.07) is 0. The fourth-order valence-electron chi connectivity index (χ4n) is 2.97. The lowest BCUT2D eigenvalue weighted by molar-refractivity contribution is -0.0496. The molecule has 0 amide bonds. The van der Waals surface area contributed by atoms with Crippen LogP contribution >= 0.6 is 24.0 Å². The molecular weight excluding hydrogens is 484 g/mol. The molecule has 1 aliphatic carbocycles. The predicted octanol–water partition coefficient (Wildman–Crippen LogP) is 2.52. The van der Waals surface area contributed by atoms with E-state index >= 15 is 0 Å². The van der Waals surface area contributed by atoms with Gasteiger partial charge in [0.1, 0.15) is 0 Å². The van der Waals surface area contributed by atoms with E-state index in [-0.39, 0.29) is 43.0 Å². The Hall–Kier alpha value is -0.300. The van der Waals surface area contributed by atoms with Gasteiger partial charge >= 0.3 is 15.5 Å². The lowest BCUT2D eigenvalue weighted by atomic mass is 9.98. The van der Waals surface area contributed by atoms with Gasteiger partial charge in [-0.1, -0.05) is 12.8 Å². The largest absolute Gasteiger partial charge is 0.511 e. The third-order valence-electron chi connectivity index (χ3n) is 4.77. The Labute approximate surface area is 170 Å². The van der Waals surface area contributed by atoms with Gasteiger partial charge in [0.2, 0.25) is 0 Å². The van der Waals surface area contributed by atoms with Crippen molar-refractivity contribution in [2.24, 2.45) is 16.8 Å². The number of hydrogen-bond donors (Lipinski definition) is 2. The second-order valence-electron chi connectivity index (χ2n) is 6.76. The van der Waals surface area contributed by atoms with Crippen molar-refractivity contribution in [2.75, 3.05) is 33.2 Å². The number of rotatable bonds is 7. The van der Waals surface area contributed by atoms with E-state index in [1.165, 1.54) is 19.3 Å².